The van der Waals surface area contributed by atoms with E-state index in [-0.39, 0.29) is 0 Å². The summed E-state index contributed by atoms with van der Waals surface area (Å²) in [6.45, 7) is 14.1. The minimum atomic E-state index is 0.506. The van der Waals surface area contributed by atoms with Gasteiger partial charge in [-0.15, -0.1) is 0 Å². The van der Waals surface area contributed by atoms with Gasteiger partial charge in [0, 0.05) is 32.3 Å². The second-order valence-electron chi connectivity index (χ2n) is 7.52. The number of nitrogens with zero attached hydrogens (tertiary/aromatic N) is 2. The van der Waals surface area contributed by atoms with Crippen molar-refractivity contribution in [2.24, 2.45) is 4.99 Å². The molecule has 29 heavy (non-hydrogen) atoms. The minimum absolute atomic E-state index is 0.506. The molecule has 2 N–H and O–H groups in total. The van der Waals surface area contributed by atoms with Crippen LogP contribution in [0.2, 0.25) is 0 Å². The second kappa shape index (κ2) is 14.4. The zero-order valence-corrected chi connectivity index (χ0v) is 18.6. The molecule has 6 heteroatoms. The Morgan fingerprint density at radius 3 is 2.59 bits per heavy atom. The van der Waals surface area contributed by atoms with Crippen LogP contribution in [0.15, 0.2) is 29.3 Å². The van der Waals surface area contributed by atoms with Crippen LogP contribution in [0.1, 0.15) is 51.2 Å². The number of hydrogen-bond donors (Lipinski definition) is 2. The number of nitrogens with one attached hydrogen (secondary N) is 2. The fourth-order valence-electron chi connectivity index (χ4n) is 3.57. The summed E-state index contributed by atoms with van der Waals surface area (Å²) in [4.78, 5) is 7.37. The number of aliphatic imine (C=N–C) groups is 1. The highest BCUT2D eigenvalue weighted by molar-refractivity contribution is 5.80. The highest BCUT2D eigenvalue weighted by atomic mass is 16.5. The van der Waals surface area contributed by atoms with Crippen LogP contribution in [0.5, 0.6) is 0 Å². The zero-order valence-electron chi connectivity index (χ0n) is 18.6. The van der Waals surface area contributed by atoms with Crippen molar-refractivity contribution in [1.29, 1.82) is 0 Å². The number of piperidine rings is 1. The van der Waals surface area contributed by atoms with Gasteiger partial charge in [0.2, 0.25) is 0 Å². The number of guanidine groups is 1. The minimum Gasteiger partial charge on any atom is -0.379 e. The Bertz CT molecular complexity index is 586. The first-order valence-electron chi connectivity index (χ1n) is 11.3. The maximum atomic E-state index is 5.68. The molecular weight excluding hydrogens is 364 g/mol. The predicted octanol–water partition coefficient (Wildman–Crippen LogP) is 3.17. The summed E-state index contributed by atoms with van der Waals surface area (Å²) in [5.74, 6) is 0.916. The van der Waals surface area contributed by atoms with E-state index >= 15 is 0 Å². The number of benzene rings is 1. The topological polar surface area (TPSA) is 58.1 Å². The molecular formula is C23H40N4O2. The normalized spacial score (nSPS) is 16.2. The fourth-order valence-corrected chi connectivity index (χ4v) is 3.57. The van der Waals surface area contributed by atoms with Gasteiger partial charge in [-0.3, -0.25) is 0 Å². The monoisotopic (exact) mass is 404 g/mol. The lowest BCUT2D eigenvalue weighted by atomic mass is 10.1. The van der Waals surface area contributed by atoms with E-state index < -0.39 is 0 Å². The van der Waals surface area contributed by atoms with Crippen LogP contribution in [-0.4, -0.2) is 62.9 Å². The maximum absolute atomic E-state index is 5.68. The van der Waals surface area contributed by atoms with E-state index in [9.17, 15) is 0 Å². The van der Waals surface area contributed by atoms with E-state index in [0.29, 0.717) is 32.4 Å². The first kappa shape index (κ1) is 23.6. The third-order valence-corrected chi connectivity index (χ3v) is 5.07. The van der Waals surface area contributed by atoms with Crippen molar-refractivity contribution >= 4 is 5.96 Å². The van der Waals surface area contributed by atoms with Gasteiger partial charge in [0.25, 0.3) is 0 Å². The lowest BCUT2D eigenvalue weighted by Crippen LogP contribution is -2.48. The van der Waals surface area contributed by atoms with Crippen molar-refractivity contribution in [3.63, 3.8) is 0 Å². The highest BCUT2D eigenvalue weighted by Gasteiger charge is 2.19. The number of rotatable bonds is 12. The van der Waals surface area contributed by atoms with Crippen molar-refractivity contribution in [3.8, 4) is 0 Å². The molecule has 1 aliphatic heterocycles. The van der Waals surface area contributed by atoms with Gasteiger partial charge in [-0.25, -0.2) is 4.99 Å². The predicted molar refractivity (Wildman–Crippen MR) is 120 cm³/mol. The summed E-state index contributed by atoms with van der Waals surface area (Å²) >= 11 is 0. The smallest absolute Gasteiger partial charge is 0.191 e. The van der Waals surface area contributed by atoms with Gasteiger partial charge in [-0.05, 0) is 50.8 Å². The van der Waals surface area contributed by atoms with E-state index in [4.69, 9.17) is 14.5 Å². The molecule has 0 atom stereocenters. The van der Waals surface area contributed by atoms with Crippen LogP contribution in [0, 0.1) is 0 Å². The molecule has 0 unspecified atom stereocenters. The molecule has 6 nitrogen and oxygen atoms in total. The van der Waals surface area contributed by atoms with Crippen molar-refractivity contribution < 1.29 is 9.47 Å². The van der Waals surface area contributed by atoms with Crippen LogP contribution < -0.4 is 10.6 Å². The van der Waals surface area contributed by atoms with E-state index in [0.717, 1.165) is 19.1 Å². The molecule has 0 aliphatic carbocycles. The summed E-state index contributed by atoms with van der Waals surface area (Å²) in [6.07, 6.45) is 3.59. The molecule has 0 amide bonds. The lowest BCUT2D eigenvalue weighted by Gasteiger charge is -2.32. The first-order valence-corrected chi connectivity index (χ1v) is 11.3. The van der Waals surface area contributed by atoms with Gasteiger partial charge >= 0.3 is 0 Å². The number of likely N-dealkylation sites (tertiary alicyclic amines) is 1. The summed E-state index contributed by atoms with van der Waals surface area (Å²) < 4.78 is 11.0. The molecule has 0 radical (unpaired) electrons. The Labute approximate surface area is 177 Å². The molecule has 0 aromatic heterocycles. The first-order chi connectivity index (χ1) is 14.2. The van der Waals surface area contributed by atoms with E-state index in [1.54, 1.807) is 0 Å². The number of ether oxygens (including phenoxy) is 2. The van der Waals surface area contributed by atoms with Gasteiger partial charge in [-0.1, -0.05) is 31.2 Å². The SMILES string of the molecule is CCCN1CCC(NC(=NCc2cccc(COCCOCC)c2)NCC)CC1. The Morgan fingerprint density at radius 1 is 1.10 bits per heavy atom. The van der Waals surface area contributed by atoms with E-state index in [1.807, 2.05) is 6.92 Å². The molecule has 164 valence electrons. The molecule has 1 aliphatic rings. The quantitative estimate of drug-likeness (QED) is 0.318. The largest absolute Gasteiger partial charge is 0.379 e. The average Bonchev–Trinajstić information content (AvgIpc) is 2.74. The van der Waals surface area contributed by atoms with Crippen molar-refractivity contribution in [2.45, 2.75) is 59.2 Å². The van der Waals surface area contributed by atoms with E-state index in [1.165, 1.54) is 50.0 Å². The van der Waals surface area contributed by atoms with E-state index in [2.05, 4.69) is 53.6 Å². The zero-order chi connectivity index (χ0) is 20.7. The Morgan fingerprint density at radius 2 is 1.86 bits per heavy atom. The lowest BCUT2D eigenvalue weighted by molar-refractivity contribution is 0.0453. The molecule has 0 saturated carbocycles. The van der Waals surface area contributed by atoms with Crippen LogP contribution in [-0.2, 0) is 22.6 Å². The summed E-state index contributed by atoms with van der Waals surface area (Å²) in [5, 5.41) is 7.02. The molecule has 0 bridgehead atoms. The Hall–Kier alpha value is -1.63. The van der Waals surface area contributed by atoms with Crippen molar-refractivity contribution in [1.82, 2.24) is 15.5 Å². The average molecular weight is 405 g/mol. The molecule has 1 saturated heterocycles. The Balaban J connectivity index is 1.82. The molecule has 1 aromatic rings. The van der Waals surface area contributed by atoms with Crippen molar-refractivity contribution in [3.05, 3.63) is 35.4 Å². The van der Waals surface area contributed by atoms with Gasteiger partial charge < -0.3 is 25.0 Å². The highest BCUT2D eigenvalue weighted by Crippen LogP contribution is 2.11. The fraction of sp³-hybridized carbons (Fsp3) is 0.696. The second-order valence-corrected chi connectivity index (χ2v) is 7.52. The molecule has 1 fully saturated rings. The van der Waals surface area contributed by atoms with Crippen LogP contribution in [0.3, 0.4) is 0 Å². The van der Waals surface area contributed by atoms with Gasteiger partial charge in [-0.2, -0.15) is 0 Å². The summed E-state index contributed by atoms with van der Waals surface area (Å²) in [7, 11) is 0. The molecule has 0 spiro atoms. The summed E-state index contributed by atoms with van der Waals surface area (Å²) in [6, 6.07) is 8.99. The third-order valence-electron chi connectivity index (χ3n) is 5.07. The number of hydrogen-bond acceptors (Lipinski definition) is 4. The molecule has 1 heterocycles. The standard InChI is InChI=1S/C23H40N4O2/c1-4-12-27-13-10-22(11-14-27)26-23(24-5-2)25-18-20-8-7-9-21(17-20)19-29-16-15-28-6-3/h7-9,17,22H,4-6,10-16,18-19H2,1-3H3,(H2,24,25,26). The van der Waals surface area contributed by atoms with Gasteiger partial charge in [0.15, 0.2) is 5.96 Å². The van der Waals surface area contributed by atoms with Crippen LogP contribution in [0.25, 0.3) is 0 Å². The maximum Gasteiger partial charge on any atom is 0.191 e. The third kappa shape index (κ3) is 9.61. The van der Waals surface area contributed by atoms with Gasteiger partial charge in [0.05, 0.1) is 26.4 Å². The van der Waals surface area contributed by atoms with Gasteiger partial charge in [0.1, 0.15) is 0 Å². The molecule has 1 aromatic carbocycles. The van der Waals surface area contributed by atoms with Crippen molar-refractivity contribution in [2.75, 3.05) is 46.0 Å². The summed E-state index contributed by atoms with van der Waals surface area (Å²) in [5.41, 5.74) is 2.38. The van der Waals surface area contributed by atoms with Crippen LogP contribution in [0.4, 0.5) is 0 Å². The Kier molecular flexibility index (Phi) is 11.7. The molecule has 2 rings (SSSR count). The van der Waals surface area contributed by atoms with Crippen LogP contribution >= 0.6 is 0 Å².